The quantitative estimate of drug-likeness (QED) is 0.712. The summed E-state index contributed by atoms with van der Waals surface area (Å²) >= 11 is 6.02. The van der Waals surface area contributed by atoms with Gasteiger partial charge in [-0.15, -0.1) is 0 Å². The molecule has 0 aliphatic carbocycles. The summed E-state index contributed by atoms with van der Waals surface area (Å²) in [4.78, 5) is 11.6. The Kier molecular flexibility index (Phi) is 2.57. The third kappa shape index (κ3) is 1.79. The van der Waals surface area contributed by atoms with Crippen molar-refractivity contribution in [3.63, 3.8) is 0 Å². The highest BCUT2D eigenvalue weighted by Gasteiger charge is 2.20. The molecule has 2 N–H and O–H groups in total. The van der Waals surface area contributed by atoms with Crippen molar-refractivity contribution >= 4 is 28.9 Å². The van der Waals surface area contributed by atoms with E-state index in [0.29, 0.717) is 11.6 Å². The zero-order valence-corrected chi connectivity index (χ0v) is 9.48. The van der Waals surface area contributed by atoms with Crippen molar-refractivity contribution in [3.8, 4) is 0 Å². The first-order valence-corrected chi connectivity index (χ1v) is 5.31. The van der Waals surface area contributed by atoms with Crippen molar-refractivity contribution in [2.75, 3.05) is 17.2 Å². The van der Waals surface area contributed by atoms with Gasteiger partial charge in [-0.25, -0.2) is 0 Å². The van der Waals surface area contributed by atoms with Crippen LogP contribution in [0.3, 0.4) is 0 Å². The molecule has 0 bridgehead atoms. The number of hydrogen-bond acceptors (Lipinski definition) is 2. The van der Waals surface area contributed by atoms with Crippen LogP contribution in [0.1, 0.15) is 12.5 Å². The molecule has 1 aromatic carbocycles. The number of amides is 1. The number of rotatable bonds is 0. The van der Waals surface area contributed by atoms with E-state index >= 15 is 0 Å². The van der Waals surface area contributed by atoms with Crippen molar-refractivity contribution in [3.05, 3.63) is 22.7 Å². The standard InChI is InChI=1S/C11H13ClN2O/c1-6-5-13-10-7(2)8(12)3-4-9(10)14-11(6)15/h3-4,6,13H,5H2,1-2H3,(H,14,15). The Labute approximate surface area is 93.8 Å². The molecule has 0 fully saturated rings. The Morgan fingerprint density at radius 3 is 2.93 bits per heavy atom. The van der Waals surface area contributed by atoms with Gasteiger partial charge in [-0.05, 0) is 24.6 Å². The first kappa shape index (κ1) is 10.3. The maximum atomic E-state index is 11.6. The fourth-order valence-corrected chi connectivity index (χ4v) is 1.78. The number of nitrogens with one attached hydrogen (secondary N) is 2. The molecule has 80 valence electrons. The van der Waals surface area contributed by atoms with Gasteiger partial charge in [0.25, 0.3) is 0 Å². The van der Waals surface area contributed by atoms with E-state index in [4.69, 9.17) is 11.6 Å². The van der Waals surface area contributed by atoms with Crippen LogP contribution >= 0.6 is 11.6 Å². The Morgan fingerprint density at radius 2 is 2.20 bits per heavy atom. The van der Waals surface area contributed by atoms with Crippen LogP contribution in [0.25, 0.3) is 0 Å². The van der Waals surface area contributed by atoms with E-state index in [0.717, 1.165) is 16.9 Å². The highest BCUT2D eigenvalue weighted by molar-refractivity contribution is 6.32. The molecule has 1 aliphatic heterocycles. The average Bonchev–Trinajstić information content (AvgIpc) is 2.35. The minimum Gasteiger partial charge on any atom is -0.382 e. The van der Waals surface area contributed by atoms with E-state index in [1.54, 1.807) is 6.07 Å². The minimum atomic E-state index is -0.0319. The van der Waals surface area contributed by atoms with Gasteiger partial charge in [0.15, 0.2) is 0 Å². The number of carbonyl (C=O) groups excluding carboxylic acids is 1. The molecule has 1 heterocycles. The molecule has 15 heavy (non-hydrogen) atoms. The van der Waals surface area contributed by atoms with Gasteiger partial charge in [-0.2, -0.15) is 0 Å². The summed E-state index contributed by atoms with van der Waals surface area (Å²) in [5, 5.41) is 6.84. The third-order valence-electron chi connectivity index (χ3n) is 2.69. The van der Waals surface area contributed by atoms with Crippen LogP contribution in [-0.2, 0) is 4.79 Å². The lowest BCUT2D eigenvalue weighted by Crippen LogP contribution is -2.22. The summed E-state index contributed by atoms with van der Waals surface area (Å²) in [6.45, 7) is 4.47. The van der Waals surface area contributed by atoms with E-state index in [2.05, 4.69) is 10.6 Å². The number of fused-ring (bicyclic) bond motifs is 1. The van der Waals surface area contributed by atoms with E-state index in [9.17, 15) is 4.79 Å². The molecular formula is C11H13ClN2O. The smallest absolute Gasteiger partial charge is 0.229 e. The highest BCUT2D eigenvalue weighted by Crippen LogP contribution is 2.33. The third-order valence-corrected chi connectivity index (χ3v) is 3.10. The summed E-state index contributed by atoms with van der Waals surface area (Å²) in [7, 11) is 0. The van der Waals surface area contributed by atoms with Gasteiger partial charge < -0.3 is 10.6 Å². The molecule has 0 saturated heterocycles. The molecule has 3 nitrogen and oxygen atoms in total. The van der Waals surface area contributed by atoms with Crippen molar-refractivity contribution in [2.45, 2.75) is 13.8 Å². The number of anilines is 2. The summed E-state index contributed by atoms with van der Waals surface area (Å²) in [5.74, 6) is 0.0125. The zero-order valence-electron chi connectivity index (χ0n) is 8.73. The molecule has 1 aromatic rings. The fourth-order valence-electron chi connectivity index (χ4n) is 1.62. The largest absolute Gasteiger partial charge is 0.382 e. The van der Waals surface area contributed by atoms with Gasteiger partial charge in [-0.1, -0.05) is 18.5 Å². The predicted molar refractivity (Wildman–Crippen MR) is 62.5 cm³/mol. The molecule has 1 atom stereocenters. The first-order valence-electron chi connectivity index (χ1n) is 4.93. The highest BCUT2D eigenvalue weighted by atomic mass is 35.5. The van der Waals surface area contributed by atoms with Crippen molar-refractivity contribution < 1.29 is 4.79 Å². The first-order chi connectivity index (χ1) is 7.09. The molecule has 1 amide bonds. The van der Waals surface area contributed by atoms with Gasteiger partial charge in [0.2, 0.25) is 5.91 Å². The maximum Gasteiger partial charge on any atom is 0.229 e. The second-order valence-corrected chi connectivity index (χ2v) is 4.27. The van der Waals surface area contributed by atoms with Gasteiger partial charge >= 0.3 is 0 Å². The lowest BCUT2D eigenvalue weighted by molar-refractivity contribution is -0.118. The second-order valence-electron chi connectivity index (χ2n) is 3.87. The van der Waals surface area contributed by atoms with Crippen LogP contribution < -0.4 is 10.6 Å². The van der Waals surface area contributed by atoms with E-state index in [-0.39, 0.29) is 11.8 Å². The van der Waals surface area contributed by atoms with Gasteiger partial charge in [-0.3, -0.25) is 4.79 Å². The molecule has 2 rings (SSSR count). The molecule has 0 saturated carbocycles. The van der Waals surface area contributed by atoms with Crippen molar-refractivity contribution in [2.24, 2.45) is 5.92 Å². The Hall–Kier alpha value is -1.22. The fraction of sp³-hybridized carbons (Fsp3) is 0.364. The molecule has 1 unspecified atom stereocenters. The topological polar surface area (TPSA) is 41.1 Å². The van der Waals surface area contributed by atoms with E-state index < -0.39 is 0 Å². The normalized spacial score (nSPS) is 19.9. The summed E-state index contributed by atoms with van der Waals surface area (Å²) in [6.07, 6.45) is 0. The molecule has 4 heteroatoms. The Balaban J connectivity index is 2.47. The number of carbonyl (C=O) groups is 1. The van der Waals surface area contributed by atoms with Gasteiger partial charge in [0.1, 0.15) is 0 Å². The molecule has 0 aromatic heterocycles. The number of benzene rings is 1. The van der Waals surface area contributed by atoms with Crippen molar-refractivity contribution in [1.82, 2.24) is 0 Å². The lowest BCUT2D eigenvalue weighted by Gasteiger charge is -2.11. The van der Waals surface area contributed by atoms with Crippen LogP contribution in [0.2, 0.25) is 5.02 Å². The SMILES string of the molecule is Cc1c(Cl)ccc2c1NCC(C)C(=O)N2. The predicted octanol–water partition coefficient (Wildman–Crippen LogP) is 2.65. The van der Waals surface area contributed by atoms with Crippen LogP contribution in [0, 0.1) is 12.8 Å². The second kappa shape index (κ2) is 3.74. The number of halogens is 1. The van der Waals surface area contributed by atoms with Gasteiger partial charge in [0.05, 0.1) is 17.3 Å². The minimum absolute atomic E-state index is 0.0319. The van der Waals surface area contributed by atoms with Gasteiger partial charge in [0, 0.05) is 11.6 Å². The summed E-state index contributed by atoms with van der Waals surface area (Å²) in [6, 6.07) is 3.63. The van der Waals surface area contributed by atoms with E-state index in [1.807, 2.05) is 19.9 Å². The Morgan fingerprint density at radius 1 is 1.47 bits per heavy atom. The van der Waals surface area contributed by atoms with Crippen LogP contribution in [0.5, 0.6) is 0 Å². The maximum absolute atomic E-state index is 11.6. The number of hydrogen-bond donors (Lipinski definition) is 2. The van der Waals surface area contributed by atoms with Crippen LogP contribution in [0.15, 0.2) is 12.1 Å². The molecular weight excluding hydrogens is 212 g/mol. The molecule has 0 spiro atoms. The van der Waals surface area contributed by atoms with E-state index in [1.165, 1.54) is 0 Å². The van der Waals surface area contributed by atoms with Crippen LogP contribution in [-0.4, -0.2) is 12.5 Å². The Bertz CT molecular complexity index is 417. The average molecular weight is 225 g/mol. The molecule has 1 aliphatic rings. The zero-order chi connectivity index (χ0) is 11.0. The monoisotopic (exact) mass is 224 g/mol. The van der Waals surface area contributed by atoms with Crippen LogP contribution in [0.4, 0.5) is 11.4 Å². The van der Waals surface area contributed by atoms with Crippen molar-refractivity contribution in [1.29, 1.82) is 0 Å². The lowest BCUT2D eigenvalue weighted by atomic mass is 10.1. The summed E-state index contributed by atoms with van der Waals surface area (Å²) < 4.78 is 0. The molecule has 0 radical (unpaired) electrons. The summed E-state index contributed by atoms with van der Waals surface area (Å²) in [5.41, 5.74) is 2.72.